The van der Waals surface area contributed by atoms with Crippen molar-refractivity contribution in [2.75, 3.05) is 13.1 Å². The average molecular weight is 390 g/mol. The van der Waals surface area contributed by atoms with Crippen molar-refractivity contribution in [3.05, 3.63) is 31.2 Å². The molecule has 1 aromatic heterocycles. The molecule has 0 fully saturated rings. The highest BCUT2D eigenvalue weighted by Gasteiger charge is 2.24. The van der Waals surface area contributed by atoms with Gasteiger partial charge in [0, 0.05) is 25.2 Å². The molecule has 1 aromatic rings. The molecule has 1 amide bonds. The second kappa shape index (κ2) is 5.75. The molecule has 2 rings (SSSR count). The van der Waals surface area contributed by atoms with Crippen molar-refractivity contribution in [1.29, 1.82) is 0 Å². The largest absolute Gasteiger partial charge is 0.444 e. The number of aromatic amines is 1. The number of carbonyl (C=O) groups is 1. The van der Waals surface area contributed by atoms with Gasteiger partial charge in [0.15, 0.2) is 0 Å². The van der Waals surface area contributed by atoms with Gasteiger partial charge in [0.2, 0.25) is 0 Å². The molecule has 110 valence electrons. The normalized spacial score (nSPS) is 15.5. The number of fused-ring (bicyclic) bond motifs is 1. The lowest BCUT2D eigenvalue weighted by molar-refractivity contribution is 0.0258. The maximum atomic E-state index is 12.1. The lowest BCUT2D eigenvalue weighted by Crippen LogP contribution is -2.38. The van der Waals surface area contributed by atoms with Crippen LogP contribution in [-0.4, -0.2) is 34.7 Å². The van der Waals surface area contributed by atoms with Gasteiger partial charge in [-0.2, -0.15) is 0 Å². The summed E-state index contributed by atoms with van der Waals surface area (Å²) in [5, 5.41) is 0. The van der Waals surface area contributed by atoms with Crippen LogP contribution in [0.1, 0.15) is 32.0 Å². The zero-order valence-electron chi connectivity index (χ0n) is 12.0. The van der Waals surface area contributed by atoms with Crippen LogP contribution < -0.4 is 5.56 Å². The molecule has 0 radical (unpaired) electrons. The predicted molar refractivity (Wildman–Crippen MR) is 85.0 cm³/mol. The molecule has 0 saturated carbocycles. The summed E-state index contributed by atoms with van der Waals surface area (Å²) < 4.78 is 6.08. The van der Waals surface area contributed by atoms with E-state index in [4.69, 9.17) is 4.74 Å². The molecule has 20 heavy (non-hydrogen) atoms. The van der Waals surface area contributed by atoms with E-state index >= 15 is 0 Å². The van der Waals surface area contributed by atoms with Gasteiger partial charge in [0.1, 0.15) is 5.60 Å². The standard InChI is InChI=1S/C14H19IN2O3/c1-14(2,3)20-13(19)17-6-4-9-8-10(15)12(18)16-11(9)5-7-17/h8H,4-7H2,1-3H3,(H,16,18). The maximum absolute atomic E-state index is 12.1. The van der Waals surface area contributed by atoms with E-state index in [1.165, 1.54) is 0 Å². The van der Waals surface area contributed by atoms with Gasteiger partial charge >= 0.3 is 6.09 Å². The Balaban J connectivity index is 2.12. The smallest absolute Gasteiger partial charge is 0.410 e. The molecule has 0 saturated heterocycles. The Morgan fingerprint density at radius 1 is 1.35 bits per heavy atom. The van der Waals surface area contributed by atoms with Crippen LogP contribution in [-0.2, 0) is 17.6 Å². The Hall–Kier alpha value is -1.05. The summed E-state index contributed by atoms with van der Waals surface area (Å²) in [6, 6.07) is 1.91. The molecule has 0 aliphatic carbocycles. The number of rotatable bonds is 0. The number of hydrogen-bond donors (Lipinski definition) is 1. The minimum absolute atomic E-state index is 0.0601. The third-order valence-electron chi connectivity index (χ3n) is 3.10. The highest BCUT2D eigenvalue weighted by atomic mass is 127. The van der Waals surface area contributed by atoms with Crippen LogP contribution in [0.4, 0.5) is 4.79 Å². The van der Waals surface area contributed by atoms with Gasteiger partial charge in [-0.3, -0.25) is 4.79 Å². The van der Waals surface area contributed by atoms with E-state index in [2.05, 4.69) is 4.98 Å². The van der Waals surface area contributed by atoms with Gasteiger partial charge in [-0.15, -0.1) is 0 Å². The van der Waals surface area contributed by atoms with Crippen LogP contribution in [0.15, 0.2) is 10.9 Å². The predicted octanol–water partition coefficient (Wildman–Crippen LogP) is 2.32. The van der Waals surface area contributed by atoms with Crippen LogP contribution in [0.25, 0.3) is 0 Å². The number of nitrogens with one attached hydrogen (secondary N) is 1. The zero-order valence-corrected chi connectivity index (χ0v) is 14.1. The molecule has 2 heterocycles. The molecular weight excluding hydrogens is 371 g/mol. The van der Waals surface area contributed by atoms with E-state index in [9.17, 15) is 9.59 Å². The van der Waals surface area contributed by atoms with Gasteiger partial charge in [-0.05, 0) is 61.4 Å². The van der Waals surface area contributed by atoms with Crippen LogP contribution >= 0.6 is 22.6 Å². The second-order valence-electron chi connectivity index (χ2n) is 5.92. The maximum Gasteiger partial charge on any atom is 0.410 e. The molecule has 0 spiro atoms. The molecular formula is C14H19IN2O3. The Morgan fingerprint density at radius 2 is 2.00 bits per heavy atom. The number of amides is 1. The molecule has 6 heteroatoms. The third-order valence-corrected chi connectivity index (χ3v) is 3.91. The average Bonchev–Trinajstić information content (AvgIpc) is 2.50. The molecule has 1 aliphatic heterocycles. The van der Waals surface area contributed by atoms with Crippen molar-refractivity contribution in [3.63, 3.8) is 0 Å². The van der Waals surface area contributed by atoms with E-state index in [0.29, 0.717) is 23.1 Å². The van der Waals surface area contributed by atoms with Crippen LogP contribution in [0.3, 0.4) is 0 Å². The summed E-state index contributed by atoms with van der Waals surface area (Å²) in [5.41, 5.74) is 1.50. The Morgan fingerprint density at radius 3 is 2.65 bits per heavy atom. The minimum Gasteiger partial charge on any atom is -0.444 e. The van der Waals surface area contributed by atoms with E-state index in [-0.39, 0.29) is 11.7 Å². The van der Waals surface area contributed by atoms with Crippen molar-refractivity contribution in [2.24, 2.45) is 0 Å². The van der Waals surface area contributed by atoms with Crippen molar-refractivity contribution in [1.82, 2.24) is 9.88 Å². The van der Waals surface area contributed by atoms with E-state index in [1.807, 2.05) is 49.4 Å². The lowest BCUT2D eigenvalue weighted by Gasteiger charge is -2.26. The van der Waals surface area contributed by atoms with Gasteiger partial charge in [0.25, 0.3) is 5.56 Å². The molecule has 0 atom stereocenters. The molecule has 1 aliphatic rings. The highest BCUT2D eigenvalue weighted by molar-refractivity contribution is 14.1. The number of nitrogens with zero attached hydrogens (tertiary/aromatic N) is 1. The topological polar surface area (TPSA) is 62.4 Å². The SMILES string of the molecule is CC(C)(C)OC(=O)N1CCc2cc(I)c(=O)[nH]c2CC1. The van der Waals surface area contributed by atoms with Crippen molar-refractivity contribution >= 4 is 28.7 Å². The van der Waals surface area contributed by atoms with Crippen LogP contribution in [0.5, 0.6) is 0 Å². The monoisotopic (exact) mass is 390 g/mol. The summed E-state index contributed by atoms with van der Waals surface area (Å²) in [6.07, 6.45) is 1.10. The number of carbonyl (C=O) groups excluding carboxylic acids is 1. The highest BCUT2D eigenvalue weighted by Crippen LogP contribution is 2.17. The molecule has 0 aromatic carbocycles. The molecule has 0 bridgehead atoms. The fraction of sp³-hybridized carbons (Fsp3) is 0.571. The third kappa shape index (κ3) is 3.74. The quantitative estimate of drug-likeness (QED) is 0.692. The van der Waals surface area contributed by atoms with E-state index in [1.54, 1.807) is 4.90 Å². The van der Waals surface area contributed by atoms with E-state index < -0.39 is 5.60 Å². The lowest BCUT2D eigenvalue weighted by atomic mass is 10.1. The van der Waals surface area contributed by atoms with Gasteiger partial charge < -0.3 is 14.6 Å². The summed E-state index contributed by atoms with van der Waals surface area (Å²) in [7, 11) is 0. The fourth-order valence-corrected chi connectivity index (χ4v) is 2.66. The fourth-order valence-electron chi connectivity index (χ4n) is 2.15. The Kier molecular flexibility index (Phi) is 4.41. The number of pyridine rings is 1. The number of H-pyrrole nitrogens is 1. The van der Waals surface area contributed by atoms with Crippen molar-refractivity contribution in [2.45, 2.75) is 39.2 Å². The van der Waals surface area contributed by atoms with Crippen molar-refractivity contribution in [3.8, 4) is 0 Å². The number of halogens is 1. The van der Waals surface area contributed by atoms with Gasteiger partial charge in [-0.25, -0.2) is 4.79 Å². The first-order valence-electron chi connectivity index (χ1n) is 6.65. The summed E-state index contributed by atoms with van der Waals surface area (Å²) in [6.45, 7) is 6.76. The summed E-state index contributed by atoms with van der Waals surface area (Å²) in [5.74, 6) is 0. The minimum atomic E-state index is -0.486. The van der Waals surface area contributed by atoms with Crippen molar-refractivity contribution < 1.29 is 9.53 Å². The second-order valence-corrected chi connectivity index (χ2v) is 7.08. The Bertz CT molecular complexity index is 575. The Labute approximate surface area is 131 Å². The first-order valence-corrected chi connectivity index (χ1v) is 7.72. The zero-order chi connectivity index (χ0) is 14.9. The summed E-state index contributed by atoms with van der Waals surface area (Å²) in [4.78, 5) is 28.3. The summed E-state index contributed by atoms with van der Waals surface area (Å²) >= 11 is 2.03. The van der Waals surface area contributed by atoms with Crippen LogP contribution in [0, 0.1) is 3.57 Å². The molecule has 5 nitrogen and oxygen atoms in total. The number of ether oxygens (including phenoxy) is 1. The van der Waals surface area contributed by atoms with Gasteiger partial charge in [0.05, 0.1) is 3.57 Å². The number of hydrogen-bond acceptors (Lipinski definition) is 3. The van der Waals surface area contributed by atoms with Gasteiger partial charge in [-0.1, -0.05) is 0 Å². The first-order chi connectivity index (χ1) is 9.26. The molecule has 0 unspecified atom stereocenters. The molecule has 1 N–H and O–H groups in total. The first kappa shape index (κ1) is 15.3. The van der Waals surface area contributed by atoms with E-state index in [0.717, 1.165) is 17.7 Å². The number of aromatic nitrogens is 1. The van der Waals surface area contributed by atoms with Crippen LogP contribution in [0.2, 0.25) is 0 Å².